The molecule has 0 atom stereocenters. The lowest BCUT2D eigenvalue weighted by Gasteiger charge is -2.13. The molecule has 0 aliphatic rings. The van der Waals surface area contributed by atoms with Gasteiger partial charge in [0.15, 0.2) is 5.96 Å². The van der Waals surface area contributed by atoms with Gasteiger partial charge in [0, 0.05) is 26.6 Å². The molecule has 0 aliphatic carbocycles. The number of hydrogen-bond acceptors (Lipinski definition) is 4. The van der Waals surface area contributed by atoms with Crippen molar-refractivity contribution in [3.63, 3.8) is 0 Å². The van der Waals surface area contributed by atoms with Crippen LogP contribution in [-0.4, -0.2) is 46.3 Å². The van der Waals surface area contributed by atoms with E-state index in [1.165, 1.54) is 18.2 Å². The Morgan fingerprint density at radius 1 is 1.12 bits per heavy atom. The highest BCUT2D eigenvalue weighted by Crippen LogP contribution is 2.19. The molecule has 0 unspecified atom stereocenters. The molecule has 0 radical (unpaired) electrons. The summed E-state index contributed by atoms with van der Waals surface area (Å²) in [6, 6.07) is 6.21. The summed E-state index contributed by atoms with van der Waals surface area (Å²) < 4.78 is 10.0. The van der Waals surface area contributed by atoms with Gasteiger partial charge in [-0.3, -0.25) is 9.79 Å². The van der Waals surface area contributed by atoms with Crippen LogP contribution in [0.4, 0.5) is 0 Å². The maximum atomic E-state index is 11.0. The van der Waals surface area contributed by atoms with Crippen LogP contribution in [0.3, 0.4) is 0 Å². The van der Waals surface area contributed by atoms with Gasteiger partial charge in [0.1, 0.15) is 5.75 Å². The zero-order valence-electron chi connectivity index (χ0n) is 15.9. The molecule has 0 saturated heterocycles. The van der Waals surface area contributed by atoms with Crippen LogP contribution in [0.2, 0.25) is 0 Å². The summed E-state index contributed by atoms with van der Waals surface area (Å²) in [6.07, 6.45) is 4.18. The van der Waals surface area contributed by atoms with Crippen LogP contribution in [0.5, 0.6) is 5.75 Å². The first kappa shape index (κ1) is 20.8. The third kappa shape index (κ3) is 8.42. The minimum absolute atomic E-state index is 0.142. The molecule has 0 bridgehead atoms. The Hall–Kier alpha value is -2.24. The molecule has 6 nitrogen and oxygen atoms in total. The first-order valence-corrected chi connectivity index (χ1v) is 8.75. The summed E-state index contributed by atoms with van der Waals surface area (Å²) >= 11 is 0. The number of carbonyl (C=O) groups excluding carboxylic acids is 1. The molecule has 0 fully saturated rings. The van der Waals surface area contributed by atoms with Crippen LogP contribution in [0.1, 0.15) is 36.8 Å². The fourth-order valence-corrected chi connectivity index (χ4v) is 2.52. The lowest BCUT2D eigenvalue weighted by molar-refractivity contribution is -0.140. The number of nitrogens with one attached hydrogen (secondary N) is 2. The van der Waals surface area contributed by atoms with Gasteiger partial charge in [-0.2, -0.15) is 0 Å². The lowest BCUT2D eigenvalue weighted by Crippen LogP contribution is -2.38. The smallest absolute Gasteiger partial charge is 0.305 e. The third-order valence-corrected chi connectivity index (χ3v) is 3.92. The number of esters is 1. The van der Waals surface area contributed by atoms with E-state index in [2.05, 4.69) is 39.4 Å². The number of aliphatic imine (C=N–C) groups is 1. The normalized spacial score (nSPS) is 11.1. The summed E-state index contributed by atoms with van der Waals surface area (Å²) in [6.45, 7) is 3.69. The molecule has 0 heterocycles. The Morgan fingerprint density at radius 2 is 1.88 bits per heavy atom. The van der Waals surface area contributed by atoms with E-state index in [9.17, 15) is 4.79 Å². The lowest BCUT2D eigenvalue weighted by atomic mass is 10.1. The number of aryl methyl sites for hydroxylation is 1. The fraction of sp³-hybridized carbons (Fsp3) is 0.579. The molecule has 0 amide bonds. The van der Waals surface area contributed by atoms with Crippen molar-refractivity contribution in [1.82, 2.24) is 10.6 Å². The van der Waals surface area contributed by atoms with Crippen molar-refractivity contribution in [2.45, 2.75) is 39.0 Å². The molecule has 1 aromatic rings. The second kappa shape index (κ2) is 12.2. The molecular formula is C19H31N3O3. The molecular weight excluding hydrogens is 318 g/mol. The highest BCUT2D eigenvalue weighted by Gasteiger charge is 2.04. The number of hydrogen-bond donors (Lipinski definition) is 2. The second-order valence-corrected chi connectivity index (χ2v) is 5.88. The Balaban J connectivity index is 2.24. The van der Waals surface area contributed by atoms with Gasteiger partial charge >= 0.3 is 5.97 Å². The molecule has 140 valence electrons. The van der Waals surface area contributed by atoms with E-state index in [0.717, 1.165) is 50.5 Å². The molecule has 0 aromatic heterocycles. The molecule has 0 saturated carbocycles. The Kier molecular flexibility index (Phi) is 10.1. The van der Waals surface area contributed by atoms with Crippen molar-refractivity contribution in [3.05, 3.63) is 29.3 Å². The topological polar surface area (TPSA) is 72.0 Å². The van der Waals surface area contributed by atoms with Crippen LogP contribution in [0.15, 0.2) is 23.2 Å². The van der Waals surface area contributed by atoms with Gasteiger partial charge in [-0.05, 0) is 37.8 Å². The number of ether oxygens (including phenoxy) is 2. The van der Waals surface area contributed by atoms with Crippen LogP contribution in [-0.2, 0) is 16.0 Å². The van der Waals surface area contributed by atoms with Crippen LogP contribution < -0.4 is 15.4 Å². The van der Waals surface area contributed by atoms with Crippen molar-refractivity contribution in [3.8, 4) is 5.75 Å². The van der Waals surface area contributed by atoms with Gasteiger partial charge in [-0.25, -0.2) is 0 Å². The van der Waals surface area contributed by atoms with E-state index in [-0.39, 0.29) is 5.97 Å². The summed E-state index contributed by atoms with van der Waals surface area (Å²) in [5.74, 6) is 1.57. The van der Waals surface area contributed by atoms with Crippen molar-refractivity contribution >= 4 is 11.9 Å². The van der Waals surface area contributed by atoms with E-state index in [1.807, 2.05) is 6.07 Å². The minimum Gasteiger partial charge on any atom is -0.496 e. The molecule has 1 aromatic carbocycles. The van der Waals surface area contributed by atoms with Crippen molar-refractivity contribution in [2.24, 2.45) is 4.99 Å². The maximum absolute atomic E-state index is 11.0. The van der Waals surface area contributed by atoms with E-state index in [4.69, 9.17) is 4.74 Å². The summed E-state index contributed by atoms with van der Waals surface area (Å²) in [7, 11) is 4.88. The predicted octanol–water partition coefficient (Wildman–Crippen LogP) is 2.44. The quantitative estimate of drug-likeness (QED) is 0.294. The van der Waals surface area contributed by atoms with Gasteiger partial charge in [0.25, 0.3) is 0 Å². The van der Waals surface area contributed by atoms with Gasteiger partial charge in [-0.15, -0.1) is 0 Å². The van der Waals surface area contributed by atoms with E-state index in [1.54, 1.807) is 14.2 Å². The predicted molar refractivity (Wildman–Crippen MR) is 101 cm³/mol. The number of unbranched alkanes of at least 4 members (excludes halogenated alkanes) is 2. The van der Waals surface area contributed by atoms with Crippen LogP contribution in [0, 0.1) is 6.92 Å². The van der Waals surface area contributed by atoms with Crippen molar-refractivity contribution < 1.29 is 14.3 Å². The number of methoxy groups -OCH3 is 2. The van der Waals surface area contributed by atoms with Gasteiger partial charge in [0.2, 0.25) is 0 Å². The Labute approximate surface area is 151 Å². The second-order valence-electron chi connectivity index (χ2n) is 5.88. The summed E-state index contributed by atoms with van der Waals surface area (Å²) in [4.78, 5) is 15.3. The molecule has 1 rings (SSSR count). The van der Waals surface area contributed by atoms with Gasteiger partial charge in [0.05, 0.1) is 14.2 Å². The standard InChI is InChI=1S/C19H31N3O3/c1-15-9-10-17(24-3)16(14-15)11-13-22-19(20-2)21-12-7-5-6-8-18(23)25-4/h9-10,14H,5-8,11-13H2,1-4H3,(H2,20,21,22). The first-order valence-electron chi connectivity index (χ1n) is 8.75. The molecule has 6 heteroatoms. The zero-order chi connectivity index (χ0) is 18.5. The number of benzene rings is 1. The number of nitrogens with zero attached hydrogens (tertiary/aromatic N) is 1. The number of carbonyl (C=O) groups is 1. The van der Waals surface area contributed by atoms with Crippen molar-refractivity contribution in [2.75, 3.05) is 34.4 Å². The molecule has 0 spiro atoms. The zero-order valence-corrected chi connectivity index (χ0v) is 15.9. The molecule has 25 heavy (non-hydrogen) atoms. The average molecular weight is 349 g/mol. The highest BCUT2D eigenvalue weighted by molar-refractivity contribution is 5.79. The molecule has 0 aliphatic heterocycles. The minimum atomic E-state index is -0.142. The largest absolute Gasteiger partial charge is 0.496 e. The summed E-state index contributed by atoms with van der Waals surface area (Å²) in [5.41, 5.74) is 2.42. The van der Waals surface area contributed by atoms with Crippen molar-refractivity contribution in [1.29, 1.82) is 0 Å². The number of rotatable bonds is 10. The molecule has 2 N–H and O–H groups in total. The van der Waals surface area contributed by atoms with E-state index >= 15 is 0 Å². The number of guanidine groups is 1. The fourth-order valence-electron chi connectivity index (χ4n) is 2.52. The Bertz CT molecular complexity index is 559. The van der Waals surface area contributed by atoms with E-state index in [0.29, 0.717) is 6.42 Å². The van der Waals surface area contributed by atoms with Gasteiger partial charge < -0.3 is 20.1 Å². The Morgan fingerprint density at radius 3 is 2.56 bits per heavy atom. The average Bonchev–Trinajstić information content (AvgIpc) is 2.62. The SMILES string of the molecule is CN=C(NCCCCCC(=O)OC)NCCc1cc(C)ccc1OC. The highest BCUT2D eigenvalue weighted by atomic mass is 16.5. The maximum Gasteiger partial charge on any atom is 0.305 e. The summed E-state index contributed by atoms with van der Waals surface area (Å²) in [5, 5.41) is 6.61. The van der Waals surface area contributed by atoms with E-state index < -0.39 is 0 Å². The first-order chi connectivity index (χ1) is 12.1. The monoisotopic (exact) mass is 349 g/mol. The third-order valence-electron chi connectivity index (χ3n) is 3.92. The van der Waals surface area contributed by atoms with Crippen LogP contribution >= 0.6 is 0 Å². The van der Waals surface area contributed by atoms with Crippen LogP contribution in [0.25, 0.3) is 0 Å². The van der Waals surface area contributed by atoms with Gasteiger partial charge in [-0.1, -0.05) is 24.1 Å².